The predicted molar refractivity (Wildman–Crippen MR) is 55.0 cm³/mol. The van der Waals surface area contributed by atoms with Gasteiger partial charge in [-0.1, -0.05) is 0 Å². The molecule has 0 aromatic carbocycles. The minimum atomic E-state index is -0.318. The SMILES string of the molecule is CC(C)(C)OC=O.OC[C@@H]1CCCN1. The monoisotopic (exact) mass is 203 g/mol. The van der Waals surface area contributed by atoms with E-state index in [1.165, 1.54) is 6.42 Å². The van der Waals surface area contributed by atoms with Crippen molar-refractivity contribution in [3.05, 3.63) is 0 Å². The van der Waals surface area contributed by atoms with E-state index >= 15 is 0 Å². The van der Waals surface area contributed by atoms with Crippen molar-refractivity contribution in [2.75, 3.05) is 13.2 Å². The summed E-state index contributed by atoms with van der Waals surface area (Å²) in [6.07, 6.45) is 2.38. The summed E-state index contributed by atoms with van der Waals surface area (Å²) in [6, 6.07) is 0.403. The van der Waals surface area contributed by atoms with Crippen molar-refractivity contribution in [3.8, 4) is 0 Å². The normalized spacial score (nSPS) is 21.0. The summed E-state index contributed by atoms with van der Waals surface area (Å²) in [5.74, 6) is 0. The van der Waals surface area contributed by atoms with Crippen LogP contribution in [0.5, 0.6) is 0 Å². The van der Waals surface area contributed by atoms with Gasteiger partial charge in [0, 0.05) is 6.04 Å². The van der Waals surface area contributed by atoms with E-state index in [0.29, 0.717) is 19.1 Å². The van der Waals surface area contributed by atoms with Crippen LogP contribution in [-0.4, -0.2) is 36.4 Å². The second-order valence-electron chi connectivity index (χ2n) is 4.30. The Balaban J connectivity index is 0.000000241. The summed E-state index contributed by atoms with van der Waals surface area (Å²) in [5.41, 5.74) is -0.318. The third-order valence-corrected chi connectivity index (χ3v) is 1.78. The summed E-state index contributed by atoms with van der Waals surface area (Å²) in [7, 11) is 0. The number of hydrogen-bond acceptors (Lipinski definition) is 4. The molecule has 0 unspecified atom stereocenters. The molecule has 0 aromatic rings. The highest BCUT2D eigenvalue weighted by atomic mass is 16.5. The molecule has 0 saturated carbocycles. The first-order valence-corrected chi connectivity index (χ1v) is 4.95. The summed E-state index contributed by atoms with van der Waals surface area (Å²) < 4.78 is 4.55. The lowest BCUT2D eigenvalue weighted by Gasteiger charge is -2.14. The van der Waals surface area contributed by atoms with Crippen molar-refractivity contribution in [3.63, 3.8) is 0 Å². The van der Waals surface area contributed by atoms with Gasteiger partial charge in [0.25, 0.3) is 6.47 Å². The quantitative estimate of drug-likeness (QED) is 0.648. The highest BCUT2D eigenvalue weighted by Crippen LogP contribution is 2.02. The second kappa shape index (κ2) is 6.79. The molecule has 1 rings (SSSR count). The molecule has 0 aromatic heterocycles. The number of ether oxygens (including phenoxy) is 1. The van der Waals surface area contributed by atoms with Crippen molar-refractivity contribution in [1.82, 2.24) is 5.32 Å². The molecular weight excluding hydrogens is 182 g/mol. The predicted octanol–water partition coefficient (Wildman–Crippen LogP) is 0.689. The van der Waals surface area contributed by atoms with Crippen LogP contribution in [0.1, 0.15) is 33.6 Å². The zero-order valence-corrected chi connectivity index (χ0v) is 9.25. The number of hydrogen-bond donors (Lipinski definition) is 2. The highest BCUT2D eigenvalue weighted by molar-refractivity contribution is 5.37. The first kappa shape index (κ1) is 13.4. The van der Waals surface area contributed by atoms with Gasteiger partial charge >= 0.3 is 0 Å². The van der Waals surface area contributed by atoms with Crippen LogP contribution in [0.15, 0.2) is 0 Å². The molecule has 14 heavy (non-hydrogen) atoms. The Bertz CT molecular complexity index is 148. The number of carbonyl (C=O) groups excluding carboxylic acids is 1. The van der Waals surface area contributed by atoms with Gasteiger partial charge in [-0.2, -0.15) is 0 Å². The molecule has 0 aliphatic carbocycles. The third kappa shape index (κ3) is 8.01. The molecule has 4 heteroatoms. The van der Waals surface area contributed by atoms with E-state index in [9.17, 15) is 4.79 Å². The number of rotatable bonds is 2. The maximum absolute atomic E-state index is 9.60. The van der Waals surface area contributed by atoms with E-state index in [-0.39, 0.29) is 5.60 Å². The molecule has 0 spiro atoms. The summed E-state index contributed by atoms with van der Waals surface area (Å²) >= 11 is 0. The molecule has 1 aliphatic rings. The zero-order valence-electron chi connectivity index (χ0n) is 9.25. The molecule has 1 fully saturated rings. The molecule has 1 aliphatic heterocycles. The van der Waals surface area contributed by atoms with E-state index in [2.05, 4.69) is 10.1 Å². The topological polar surface area (TPSA) is 58.6 Å². The lowest BCUT2D eigenvalue weighted by Crippen LogP contribution is -2.24. The summed E-state index contributed by atoms with van der Waals surface area (Å²) in [4.78, 5) is 9.60. The minimum absolute atomic E-state index is 0.306. The Morgan fingerprint density at radius 1 is 1.57 bits per heavy atom. The standard InChI is InChI=1S/C5H11NO.C5H10O2/c7-4-5-2-1-3-6-5;1-5(2,3)7-4-6/h5-7H,1-4H2;4H,1-3H3/t5-;/m0./s1. The molecule has 1 atom stereocenters. The van der Waals surface area contributed by atoms with Crippen LogP contribution in [0, 0.1) is 0 Å². The Hall–Kier alpha value is -0.610. The van der Waals surface area contributed by atoms with Crippen LogP contribution in [-0.2, 0) is 9.53 Å². The van der Waals surface area contributed by atoms with Gasteiger partial charge in [0.05, 0.1) is 6.61 Å². The van der Waals surface area contributed by atoms with Crippen LogP contribution >= 0.6 is 0 Å². The zero-order chi connectivity index (χ0) is 11.0. The van der Waals surface area contributed by atoms with Crippen LogP contribution in [0.4, 0.5) is 0 Å². The van der Waals surface area contributed by atoms with E-state index < -0.39 is 0 Å². The fourth-order valence-corrected chi connectivity index (χ4v) is 1.06. The smallest absolute Gasteiger partial charge is 0.293 e. The molecule has 4 nitrogen and oxygen atoms in total. The maximum atomic E-state index is 9.60. The van der Waals surface area contributed by atoms with Gasteiger partial charge in [-0.3, -0.25) is 4.79 Å². The van der Waals surface area contributed by atoms with Gasteiger partial charge in [0.2, 0.25) is 0 Å². The van der Waals surface area contributed by atoms with Crippen LogP contribution in [0.2, 0.25) is 0 Å². The van der Waals surface area contributed by atoms with Gasteiger partial charge in [0.15, 0.2) is 0 Å². The molecule has 0 radical (unpaired) electrons. The summed E-state index contributed by atoms with van der Waals surface area (Å²) in [6.45, 7) is 7.31. The van der Waals surface area contributed by atoms with Crippen molar-refractivity contribution in [2.45, 2.75) is 45.3 Å². The van der Waals surface area contributed by atoms with Gasteiger partial charge in [-0.25, -0.2) is 0 Å². The Kier molecular flexibility index (Phi) is 6.49. The van der Waals surface area contributed by atoms with Crippen LogP contribution in [0.25, 0.3) is 0 Å². The number of aliphatic hydroxyl groups is 1. The van der Waals surface area contributed by atoms with Gasteiger partial charge in [0.1, 0.15) is 5.60 Å². The fraction of sp³-hybridized carbons (Fsp3) is 0.900. The average Bonchev–Trinajstić information content (AvgIpc) is 2.54. The second-order valence-corrected chi connectivity index (χ2v) is 4.30. The van der Waals surface area contributed by atoms with E-state index in [4.69, 9.17) is 5.11 Å². The lowest BCUT2D eigenvalue weighted by atomic mass is 10.2. The van der Waals surface area contributed by atoms with E-state index in [1.54, 1.807) is 0 Å². The van der Waals surface area contributed by atoms with Crippen molar-refractivity contribution in [2.24, 2.45) is 0 Å². The van der Waals surface area contributed by atoms with Gasteiger partial charge in [-0.05, 0) is 40.2 Å². The molecule has 84 valence electrons. The first-order valence-electron chi connectivity index (χ1n) is 4.95. The molecule has 0 amide bonds. The Labute approximate surface area is 85.6 Å². The van der Waals surface area contributed by atoms with E-state index in [1.807, 2.05) is 20.8 Å². The number of nitrogens with one attached hydrogen (secondary N) is 1. The Morgan fingerprint density at radius 2 is 2.21 bits per heavy atom. The molecule has 1 saturated heterocycles. The minimum Gasteiger partial charge on any atom is -0.462 e. The maximum Gasteiger partial charge on any atom is 0.293 e. The number of aliphatic hydroxyl groups excluding tert-OH is 1. The Morgan fingerprint density at radius 3 is 2.36 bits per heavy atom. The highest BCUT2D eigenvalue weighted by Gasteiger charge is 2.10. The molecule has 2 N–H and O–H groups in total. The van der Waals surface area contributed by atoms with Crippen molar-refractivity contribution < 1.29 is 14.6 Å². The summed E-state index contributed by atoms with van der Waals surface area (Å²) in [5, 5.41) is 11.7. The third-order valence-electron chi connectivity index (χ3n) is 1.78. The van der Waals surface area contributed by atoms with Gasteiger partial charge in [-0.15, -0.1) is 0 Å². The van der Waals surface area contributed by atoms with E-state index in [0.717, 1.165) is 13.0 Å². The number of carbonyl (C=O) groups is 1. The van der Waals surface area contributed by atoms with Crippen molar-refractivity contribution in [1.29, 1.82) is 0 Å². The van der Waals surface area contributed by atoms with Gasteiger partial charge < -0.3 is 15.2 Å². The molecule has 0 bridgehead atoms. The molecule has 1 heterocycles. The average molecular weight is 203 g/mol. The fourth-order valence-electron chi connectivity index (χ4n) is 1.06. The first-order chi connectivity index (χ1) is 6.49. The van der Waals surface area contributed by atoms with Crippen LogP contribution in [0.3, 0.4) is 0 Å². The van der Waals surface area contributed by atoms with Crippen molar-refractivity contribution >= 4 is 6.47 Å². The van der Waals surface area contributed by atoms with Crippen LogP contribution < -0.4 is 5.32 Å². The lowest BCUT2D eigenvalue weighted by molar-refractivity contribution is -0.138. The largest absolute Gasteiger partial charge is 0.462 e. The molecular formula is C10H21NO3.